The first-order valence-electron chi connectivity index (χ1n) is 5.58. The van der Waals surface area contributed by atoms with Gasteiger partial charge in [0.25, 0.3) is 0 Å². The first-order chi connectivity index (χ1) is 7.20. The second-order valence-corrected chi connectivity index (χ2v) is 5.44. The molecule has 1 heterocycles. The van der Waals surface area contributed by atoms with E-state index in [-0.39, 0.29) is 0 Å². The molecule has 15 heavy (non-hydrogen) atoms. The maximum absolute atomic E-state index is 4.70. The first-order valence-corrected chi connectivity index (χ1v) is 6.39. The SMILES string of the molecule is CCc1nc2c(CC(C)C)cccc2s1. The van der Waals surface area contributed by atoms with Crippen molar-refractivity contribution in [3.05, 3.63) is 28.8 Å². The Balaban J connectivity index is 2.49. The summed E-state index contributed by atoms with van der Waals surface area (Å²) in [6, 6.07) is 6.54. The van der Waals surface area contributed by atoms with Crippen LogP contribution >= 0.6 is 11.3 Å². The number of para-hydroxylation sites is 1. The Morgan fingerprint density at radius 1 is 1.33 bits per heavy atom. The summed E-state index contributed by atoms with van der Waals surface area (Å²) >= 11 is 1.83. The molecule has 80 valence electrons. The van der Waals surface area contributed by atoms with Crippen LogP contribution in [0.2, 0.25) is 0 Å². The Morgan fingerprint density at radius 2 is 2.13 bits per heavy atom. The average molecular weight is 219 g/mol. The van der Waals surface area contributed by atoms with E-state index in [1.54, 1.807) is 0 Å². The predicted molar refractivity (Wildman–Crippen MR) is 67.5 cm³/mol. The molecule has 0 radical (unpaired) electrons. The number of hydrogen-bond donors (Lipinski definition) is 0. The van der Waals surface area contributed by atoms with E-state index in [1.165, 1.54) is 20.8 Å². The fourth-order valence-corrected chi connectivity index (χ4v) is 2.76. The lowest BCUT2D eigenvalue weighted by Gasteiger charge is -2.04. The second-order valence-electron chi connectivity index (χ2n) is 4.32. The Morgan fingerprint density at radius 3 is 2.80 bits per heavy atom. The zero-order chi connectivity index (χ0) is 10.8. The van der Waals surface area contributed by atoms with Crippen molar-refractivity contribution in [2.75, 3.05) is 0 Å². The molecule has 2 rings (SSSR count). The first kappa shape index (κ1) is 10.6. The van der Waals surface area contributed by atoms with Gasteiger partial charge in [0.05, 0.1) is 15.2 Å². The van der Waals surface area contributed by atoms with Crippen LogP contribution in [0.5, 0.6) is 0 Å². The van der Waals surface area contributed by atoms with Gasteiger partial charge in [-0.2, -0.15) is 0 Å². The molecule has 0 amide bonds. The van der Waals surface area contributed by atoms with Gasteiger partial charge in [0.15, 0.2) is 0 Å². The molecule has 0 atom stereocenters. The van der Waals surface area contributed by atoms with Gasteiger partial charge >= 0.3 is 0 Å². The molecule has 2 aromatic rings. The fourth-order valence-electron chi connectivity index (χ4n) is 1.81. The van der Waals surface area contributed by atoms with Crippen LogP contribution in [0.15, 0.2) is 18.2 Å². The minimum absolute atomic E-state index is 0.697. The van der Waals surface area contributed by atoms with E-state index >= 15 is 0 Å². The summed E-state index contributed by atoms with van der Waals surface area (Å²) in [7, 11) is 0. The van der Waals surface area contributed by atoms with Crippen molar-refractivity contribution in [2.24, 2.45) is 5.92 Å². The van der Waals surface area contributed by atoms with Crippen LogP contribution in [0.25, 0.3) is 10.2 Å². The van der Waals surface area contributed by atoms with Crippen molar-refractivity contribution >= 4 is 21.6 Å². The smallest absolute Gasteiger partial charge is 0.0935 e. The van der Waals surface area contributed by atoms with Crippen LogP contribution in [0, 0.1) is 5.92 Å². The Bertz CT molecular complexity index is 457. The molecule has 1 nitrogen and oxygen atoms in total. The van der Waals surface area contributed by atoms with E-state index in [4.69, 9.17) is 4.98 Å². The third kappa shape index (κ3) is 2.20. The van der Waals surface area contributed by atoms with E-state index in [0.717, 1.165) is 12.8 Å². The molecule has 0 bridgehead atoms. The molecule has 0 saturated heterocycles. The van der Waals surface area contributed by atoms with Gasteiger partial charge in [0.1, 0.15) is 0 Å². The van der Waals surface area contributed by atoms with Gasteiger partial charge in [-0.15, -0.1) is 11.3 Å². The number of aromatic nitrogens is 1. The normalized spacial score (nSPS) is 11.5. The number of rotatable bonds is 3. The molecule has 2 heteroatoms. The van der Waals surface area contributed by atoms with Gasteiger partial charge in [-0.25, -0.2) is 4.98 Å². The summed E-state index contributed by atoms with van der Waals surface area (Å²) < 4.78 is 1.34. The number of aryl methyl sites for hydroxylation is 1. The van der Waals surface area contributed by atoms with Crippen molar-refractivity contribution in [2.45, 2.75) is 33.6 Å². The molecule has 0 fully saturated rings. The Labute approximate surface area is 95.2 Å². The molecule has 0 unspecified atom stereocenters. The fraction of sp³-hybridized carbons (Fsp3) is 0.462. The summed E-state index contributed by atoms with van der Waals surface area (Å²) in [6.07, 6.45) is 2.17. The van der Waals surface area contributed by atoms with Crippen LogP contribution in [0.3, 0.4) is 0 Å². The largest absolute Gasteiger partial charge is 0.241 e. The minimum atomic E-state index is 0.697. The number of nitrogens with zero attached hydrogens (tertiary/aromatic N) is 1. The summed E-state index contributed by atoms with van der Waals surface area (Å²) in [5, 5.41) is 1.25. The standard InChI is InChI=1S/C13H17NS/c1-4-12-14-13-10(8-9(2)3)6-5-7-11(13)15-12/h5-7,9H,4,8H2,1-3H3. The van der Waals surface area contributed by atoms with E-state index in [9.17, 15) is 0 Å². The molecule has 0 N–H and O–H groups in total. The third-order valence-electron chi connectivity index (χ3n) is 2.48. The molecule has 0 spiro atoms. The van der Waals surface area contributed by atoms with Gasteiger partial charge in [-0.3, -0.25) is 0 Å². The highest BCUT2D eigenvalue weighted by atomic mass is 32.1. The van der Waals surface area contributed by atoms with Crippen molar-refractivity contribution in [3.8, 4) is 0 Å². The van der Waals surface area contributed by atoms with Crippen molar-refractivity contribution in [1.82, 2.24) is 4.98 Å². The second kappa shape index (κ2) is 4.31. The molecule has 1 aromatic heterocycles. The minimum Gasteiger partial charge on any atom is -0.241 e. The summed E-state index contributed by atoms with van der Waals surface area (Å²) in [5.41, 5.74) is 2.63. The van der Waals surface area contributed by atoms with Gasteiger partial charge in [-0.05, 0) is 30.4 Å². The van der Waals surface area contributed by atoms with Crippen molar-refractivity contribution in [3.63, 3.8) is 0 Å². The van der Waals surface area contributed by atoms with Crippen molar-refractivity contribution in [1.29, 1.82) is 0 Å². The van der Waals surface area contributed by atoms with E-state index in [0.29, 0.717) is 5.92 Å². The van der Waals surface area contributed by atoms with E-state index in [2.05, 4.69) is 39.0 Å². The van der Waals surface area contributed by atoms with Gasteiger partial charge < -0.3 is 0 Å². The zero-order valence-electron chi connectivity index (χ0n) is 9.58. The number of thiazole rings is 1. The highest BCUT2D eigenvalue weighted by Gasteiger charge is 2.07. The molecule has 0 aliphatic heterocycles. The molecular weight excluding hydrogens is 202 g/mol. The number of benzene rings is 1. The summed E-state index contributed by atoms with van der Waals surface area (Å²) in [5.74, 6) is 0.697. The van der Waals surface area contributed by atoms with E-state index in [1.807, 2.05) is 11.3 Å². The Hall–Kier alpha value is -0.890. The molecule has 0 aliphatic rings. The maximum Gasteiger partial charge on any atom is 0.0935 e. The van der Waals surface area contributed by atoms with Gasteiger partial charge in [0, 0.05) is 0 Å². The van der Waals surface area contributed by atoms with Crippen LogP contribution in [-0.4, -0.2) is 4.98 Å². The van der Waals surface area contributed by atoms with Crippen LogP contribution in [0.4, 0.5) is 0 Å². The summed E-state index contributed by atoms with van der Waals surface area (Å²) in [6.45, 7) is 6.68. The lowest BCUT2D eigenvalue weighted by atomic mass is 10.0. The topological polar surface area (TPSA) is 12.9 Å². The van der Waals surface area contributed by atoms with Gasteiger partial charge in [-0.1, -0.05) is 32.9 Å². The van der Waals surface area contributed by atoms with E-state index < -0.39 is 0 Å². The van der Waals surface area contributed by atoms with Gasteiger partial charge in [0.2, 0.25) is 0 Å². The highest BCUT2D eigenvalue weighted by molar-refractivity contribution is 7.18. The molecular formula is C13H17NS. The average Bonchev–Trinajstić information content (AvgIpc) is 2.61. The van der Waals surface area contributed by atoms with Crippen LogP contribution in [-0.2, 0) is 12.8 Å². The lowest BCUT2D eigenvalue weighted by molar-refractivity contribution is 0.649. The maximum atomic E-state index is 4.70. The van der Waals surface area contributed by atoms with Crippen LogP contribution < -0.4 is 0 Å². The monoisotopic (exact) mass is 219 g/mol. The zero-order valence-corrected chi connectivity index (χ0v) is 10.4. The lowest BCUT2D eigenvalue weighted by Crippen LogP contribution is -1.94. The summed E-state index contributed by atoms with van der Waals surface area (Å²) in [4.78, 5) is 4.70. The Kier molecular flexibility index (Phi) is 3.06. The third-order valence-corrected chi connectivity index (χ3v) is 3.64. The molecule has 0 aliphatic carbocycles. The quantitative estimate of drug-likeness (QED) is 0.758. The number of hydrogen-bond acceptors (Lipinski definition) is 2. The molecule has 1 aromatic carbocycles. The van der Waals surface area contributed by atoms with Crippen LogP contribution in [0.1, 0.15) is 31.3 Å². The highest BCUT2D eigenvalue weighted by Crippen LogP contribution is 2.26. The van der Waals surface area contributed by atoms with Crippen molar-refractivity contribution < 1.29 is 0 Å². The predicted octanol–water partition coefficient (Wildman–Crippen LogP) is 4.06. The molecule has 0 saturated carbocycles. The number of fused-ring (bicyclic) bond motifs is 1.